The Morgan fingerprint density at radius 3 is 2.93 bits per heavy atom. The summed E-state index contributed by atoms with van der Waals surface area (Å²) in [5.74, 6) is 0.0577. The molecule has 0 aliphatic carbocycles. The van der Waals surface area contributed by atoms with Gasteiger partial charge in [0.1, 0.15) is 0 Å². The van der Waals surface area contributed by atoms with E-state index in [9.17, 15) is 4.79 Å². The Labute approximate surface area is 98.3 Å². The first-order valence-corrected chi connectivity index (χ1v) is 5.76. The molecule has 1 rings (SSSR count). The summed E-state index contributed by atoms with van der Waals surface area (Å²) in [6.45, 7) is 8.91. The zero-order chi connectivity index (χ0) is 11.3. The van der Waals surface area contributed by atoms with Gasteiger partial charge in [-0.3, -0.25) is 4.79 Å². The molecule has 0 saturated heterocycles. The van der Waals surface area contributed by atoms with Crippen molar-refractivity contribution in [3.05, 3.63) is 41.2 Å². The van der Waals surface area contributed by atoms with Crippen molar-refractivity contribution in [1.29, 1.82) is 0 Å². The van der Waals surface area contributed by atoms with Crippen LogP contribution in [0.1, 0.15) is 30.1 Å². The second-order valence-corrected chi connectivity index (χ2v) is 4.39. The number of nitrogens with zero attached hydrogens (tertiary/aromatic N) is 1. The van der Waals surface area contributed by atoms with Gasteiger partial charge in [0, 0.05) is 5.56 Å². The maximum atomic E-state index is 11.9. The molecular formula is C12H12BrNO. The third-order valence-electron chi connectivity index (χ3n) is 2.09. The molecule has 15 heavy (non-hydrogen) atoms. The molecule has 0 aliphatic rings. The summed E-state index contributed by atoms with van der Waals surface area (Å²) in [6, 6.07) is 6.83. The van der Waals surface area contributed by atoms with Gasteiger partial charge in [0.2, 0.25) is 0 Å². The first kappa shape index (κ1) is 11.9. The minimum Gasteiger partial charge on any atom is -0.293 e. The second-order valence-electron chi connectivity index (χ2n) is 3.28. The maximum Gasteiger partial charge on any atom is 0.187 e. The van der Waals surface area contributed by atoms with Crippen LogP contribution in [0.3, 0.4) is 0 Å². The van der Waals surface area contributed by atoms with E-state index in [4.69, 9.17) is 6.57 Å². The highest BCUT2D eigenvalue weighted by atomic mass is 79.9. The van der Waals surface area contributed by atoms with Crippen molar-refractivity contribution in [2.45, 2.75) is 24.6 Å². The largest absolute Gasteiger partial charge is 0.293 e. The highest BCUT2D eigenvalue weighted by molar-refractivity contribution is 9.10. The fraction of sp³-hybridized carbons (Fsp3) is 0.333. The smallest absolute Gasteiger partial charge is 0.187 e. The summed E-state index contributed by atoms with van der Waals surface area (Å²) < 4.78 is 0. The summed E-state index contributed by atoms with van der Waals surface area (Å²) in [5.41, 5.74) is 1.12. The van der Waals surface area contributed by atoms with Crippen molar-refractivity contribution < 1.29 is 4.79 Å². The molecule has 1 unspecified atom stereocenters. The van der Waals surface area contributed by atoms with Crippen molar-refractivity contribution >= 4 is 27.4 Å². The third-order valence-corrected chi connectivity index (χ3v) is 2.96. The van der Waals surface area contributed by atoms with Gasteiger partial charge in [-0.15, -0.1) is 0 Å². The van der Waals surface area contributed by atoms with E-state index in [1.807, 2.05) is 6.92 Å². The van der Waals surface area contributed by atoms with E-state index in [0.29, 0.717) is 11.3 Å². The minimum absolute atomic E-state index is 0.0577. The van der Waals surface area contributed by atoms with E-state index in [1.165, 1.54) is 0 Å². The summed E-state index contributed by atoms with van der Waals surface area (Å²) >= 11 is 3.36. The molecule has 0 aliphatic heterocycles. The first-order chi connectivity index (χ1) is 7.19. The number of carbonyl (C=O) groups is 1. The highest BCUT2D eigenvalue weighted by Crippen LogP contribution is 2.19. The molecule has 3 heteroatoms. The van der Waals surface area contributed by atoms with Gasteiger partial charge >= 0.3 is 0 Å². The van der Waals surface area contributed by atoms with Crippen molar-refractivity contribution in [3.63, 3.8) is 0 Å². The molecule has 1 aromatic rings. The van der Waals surface area contributed by atoms with Crippen LogP contribution in [0, 0.1) is 6.57 Å². The quantitative estimate of drug-likeness (QED) is 0.458. The molecule has 0 aromatic heterocycles. The average molecular weight is 266 g/mol. The van der Waals surface area contributed by atoms with Crippen LogP contribution in [0.2, 0.25) is 0 Å². The molecule has 1 atom stereocenters. The van der Waals surface area contributed by atoms with Crippen molar-refractivity contribution in [1.82, 2.24) is 0 Å². The van der Waals surface area contributed by atoms with Crippen LogP contribution < -0.4 is 0 Å². The summed E-state index contributed by atoms with van der Waals surface area (Å²) in [6.07, 6.45) is 1.78. The summed E-state index contributed by atoms with van der Waals surface area (Å²) in [5, 5.41) is 0. The lowest BCUT2D eigenvalue weighted by Gasteiger charge is -2.07. The highest BCUT2D eigenvalue weighted by Gasteiger charge is 2.15. The Morgan fingerprint density at radius 2 is 2.33 bits per heavy atom. The molecule has 0 bridgehead atoms. The lowest BCUT2D eigenvalue weighted by atomic mass is 10.1. The fourth-order valence-electron chi connectivity index (χ4n) is 1.29. The molecule has 1 aromatic carbocycles. The normalized spacial score (nSPS) is 11.8. The summed E-state index contributed by atoms with van der Waals surface area (Å²) in [4.78, 5) is 15.0. The number of benzene rings is 1. The predicted octanol–water partition coefficient (Wildman–Crippen LogP) is 3.98. The number of alkyl halides is 1. The standard InChI is InChI=1S/C12H12BrNO/c1-3-5-11(13)12(15)9-6-4-7-10(8-9)14-2/h4,6-8,11H,3,5H2,1H3. The molecule has 0 radical (unpaired) electrons. The number of Topliss-reactive ketones (excluding diaryl/α,β-unsaturated/α-hetero) is 1. The molecule has 0 spiro atoms. The molecule has 0 N–H and O–H groups in total. The number of hydrogen-bond donors (Lipinski definition) is 0. The Bertz CT molecular complexity index is 395. The Morgan fingerprint density at radius 1 is 1.60 bits per heavy atom. The molecule has 0 heterocycles. The minimum atomic E-state index is -0.136. The van der Waals surface area contributed by atoms with Crippen LogP contribution >= 0.6 is 15.9 Å². The van der Waals surface area contributed by atoms with E-state index < -0.39 is 0 Å². The van der Waals surface area contributed by atoms with Crippen molar-refractivity contribution in [3.8, 4) is 0 Å². The number of hydrogen-bond acceptors (Lipinski definition) is 1. The predicted molar refractivity (Wildman–Crippen MR) is 64.7 cm³/mol. The van der Waals surface area contributed by atoms with Crippen LogP contribution in [0.25, 0.3) is 4.85 Å². The van der Waals surface area contributed by atoms with Crippen LogP contribution in [-0.4, -0.2) is 10.6 Å². The van der Waals surface area contributed by atoms with Gasteiger partial charge in [-0.2, -0.15) is 0 Å². The van der Waals surface area contributed by atoms with E-state index in [0.717, 1.165) is 12.8 Å². The van der Waals surface area contributed by atoms with Gasteiger partial charge < -0.3 is 0 Å². The van der Waals surface area contributed by atoms with Gasteiger partial charge in [0.15, 0.2) is 11.5 Å². The topological polar surface area (TPSA) is 21.4 Å². The van der Waals surface area contributed by atoms with Crippen LogP contribution in [0.4, 0.5) is 5.69 Å². The Balaban J connectivity index is 2.87. The van der Waals surface area contributed by atoms with Crippen LogP contribution in [-0.2, 0) is 0 Å². The number of carbonyl (C=O) groups excluding carboxylic acids is 1. The number of halogens is 1. The Kier molecular flexibility index (Phi) is 4.51. The lowest BCUT2D eigenvalue weighted by Crippen LogP contribution is -2.13. The Hall–Kier alpha value is -1.14. The molecule has 0 saturated carbocycles. The SMILES string of the molecule is [C-]#[N+]c1cccc(C(=O)C(Br)CCC)c1. The van der Waals surface area contributed by atoms with E-state index in [1.54, 1.807) is 24.3 Å². The van der Waals surface area contributed by atoms with Gasteiger partial charge in [-0.25, -0.2) is 4.85 Å². The van der Waals surface area contributed by atoms with Gasteiger partial charge in [0.25, 0.3) is 0 Å². The van der Waals surface area contributed by atoms with Gasteiger partial charge in [0.05, 0.1) is 11.4 Å². The van der Waals surface area contributed by atoms with Crippen LogP contribution in [0.15, 0.2) is 24.3 Å². The monoisotopic (exact) mass is 265 g/mol. The number of rotatable bonds is 4. The number of ketones is 1. The molecular weight excluding hydrogens is 254 g/mol. The van der Waals surface area contributed by atoms with E-state index in [-0.39, 0.29) is 10.6 Å². The molecule has 0 amide bonds. The first-order valence-electron chi connectivity index (χ1n) is 4.84. The molecule has 2 nitrogen and oxygen atoms in total. The fourth-order valence-corrected chi connectivity index (χ4v) is 2.02. The van der Waals surface area contributed by atoms with Gasteiger partial charge in [-0.05, 0) is 12.5 Å². The van der Waals surface area contributed by atoms with Crippen LogP contribution in [0.5, 0.6) is 0 Å². The van der Waals surface area contributed by atoms with Gasteiger partial charge in [-0.1, -0.05) is 47.5 Å². The molecule has 78 valence electrons. The van der Waals surface area contributed by atoms with Crippen molar-refractivity contribution in [2.75, 3.05) is 0 Å². The maximum absolute atomic E-state index is 11.9. The third kappa shape index (κ3) is 3.17. The second kappa shape index (κ2) is 5.67. The average Bonchev–Trinajstić information content (AvgIpc) is 2.28. The van der Waals surface area contributed by atoms with Crippen molar-refractivity contribution in [2.24, 2.45) is 0 Å². The zero-order valence-electron chi connectivity index (χ0n) is 8.53. The zero-order valence-corrected chi connectivity index (χ0v) is 10.1. The van der Waals surface area contributed by atoms with E-state index >= 15 is 0 Å². The molecule has 0 fully saturated rings. The van der Waals surface area contributed by atoms with E-state index in [2.05, 4.69) is 20.8 Å². The summed E-state index contributed by atoms with van der Waals surface area (Å²) in [7, 11) is 0. The lowest BCUT2D eigenvalue weighted by molar-refractivity contribution is 0.0988.